The van der Waals surface area contributed by atoms with Crippen LogP contribution in [0.2, 0.25) is 0 Å². The van der Waals surface area contributed by atoms with Gasteiger partial charge in [-0.3, -0.25) is 9.59 Å². The van der Waals surface area contributed by atoms with Crippen LogP contribution >= 0.6 is 23.1 Å². The van der Waals surface area contributed by atoms with Crippen molar-refractivity contribution in [2.75, 3.05) is 23.5 Å². The number of carbonyl (C=O) groups is 3. The molecule has 10 nitrogen and oxygen atoms in total. The minimum Gasteiger partial charge on any atom is -0.538 e. The lowest BCUT2D eigenvalue weighted by molar-refractivity contribution is -0.705. The molecule has 0 bridgehead atoms. The van der Waals surface area contributed by atoms with E-state index in [4.69, 9.17) is 9.26 Å². The number of amides is 2. The Morgan fingerprint density at radius 3 is 2.42 bits per heavy atom. The van der Waals surface area contributed by atoms with Gasteiger partial charge in [0.15, 0.2) is 5.95 Å². The molecule has 2 heterocycles. The standard InChI is InChI=1S/C24H20N4O6S2/c1-14-18(23(31)33-2)21(36-19(14)20(30)25-15-9-5-3-6-10-15)26-17(29)13-35-22-24(32)34-27-28(22)16-11-7-4-8-12-16/h3-12H,13H2,1-2H3,(H2-,25,26,27,29,30,31,32). The highest BCUT2D eigenvalue weighted by Gasteiger charge is 2.27. The molecule has 0 saturated carbocycles. The average Bonchev–Trinajstić information content (AvgIpc) is 3.42. The van der Waals surface area contributed by atoms with E-state index in [1.807, 2.05) is 12.1 Å². The number of aromatic nitrogens is 2. The van der Waals surface area contributed by atoms with Crippen LogP contribution < -0.4 is 20.4 Å². The van der Waals surface area contributed by atoms with E-state index < -0.39 is 23.7 Å². The van der Waals surface area contributed by atoms with Crippen LogP contribution in [0.3, 0.4) is 0 Å². The number of hydrogen-bond donors (Lipinski definition) is 2. The van der Waals surface area contributed by atoms with Gasteiger partial charge in [-0.25, -0.2) is 4.79 Å². The highest BCUT2D eigenvalue weighted by Crippen LogP contribution is 2.34. The number of anilines is 2. The van der Waals surface area contributed by atoms with Gasteiger partial charge in [0.05, 0.1) is 28.6 Å². The van der Waals surface area contributed by atoms with Gasteiger partial charge in [0.25, 0.3) is 10.9 Å². The van der Waals surface area contributed by atoms with Crippen molar-refractivity contribution in [3.05, 3.63) is 76.7 Å². The van der Waals surface area contributed by atoms with Crippen molar-refractivity contribution in [3.8, 4) is 11.6 Å². The maximum atomic E-state index is 12.9. The SMILES string of the molecule is COC(=O)c1c(NC(=O)CSc2c([O-])on[n+]2-c2ccccc2)sc(C(=O)Nc2ccccc2)c1C. The number of rotatable bonds is 8. The van der Waals surface area contributed by atoms with Crippen molar-refractivity contribution >= 4 is 51.6 Å². The minimum atomic E-state index is -0.687. The lowest BCUT2D eigenvalue weighted by atomic mass is 10.1. The van der Waals surface area contributed by atoms with Crippen molar-refractivity contribution in [3.63, 3.8) is 0 Å². The molecule has 0 atom stereocenters. The van der Waals surface area contributed by atoms with E-state index in [2.05, 4.69) is 15.9 Å². The maximum absolute atomic E-state index is 12.9. The molecule has 0 aliphatic heterocycles. The zero-order valence-electron chi connectivity index (χ0n) is 19.1. The van der Waals surface area contributed by atoms with Gasteiger partial charge in [-0.15, -0.1) is 11.3 Å². The highest BCUT2D eigenvalue weighted by atomic mass is 32.2. The van der Waals surface area contributed by atoms with E-state index in [0.29, 0.717) is 16.9 Å². The Bertz CT molecular complexity index is 1400. The molecule has 0 fully saturated rings. The highest BCUT2D eigenvalue weighted by molar-refractivity contribution is 7.99. The van der Waals surface area contributed by atoms with Crippen LogP contribution in [0.5, 0.6) is 5.95 Å². The second-order valence-electron chi connectivity index (χ2n) is 7.32. The maximum Gasteiger partial charge on any atom is 0.341 e. The number of hydrogen-bond acceptors (Lipinski definition) is 9. The first-order valence-electron chi connectivity index (χ1n) is 10.5. The van der Waals surface area contributed by atoms with E-state index in [9.17, 15) is 19.5 Å². The van der Waals surface area contributed by atoms with Gasteiger partial charge >= 0.3 is 5.97 Å². The fraction of sp³-hybridized carbons (Fsp3) is 0.125. The van der Waals surface area contributed by atoms with Gasteiger partial charge in [0.1, 0.15) is 5.00 Å². The fourth-order valence-electron chi connectivity index (χ4n) is 3.27. The summed E-state index contributed by atoms with van der Waals surface area (Å²) in [6.45, 7) is 1.61. The summed E-state index contributed by atoms with van der Waals surface area (Å²) in [5.41, 5.74) is 1.66. The quantitative estimate of drug-likeness (QED) is 0.204. The molecule has 4 aromatic rings. The monoisotopic (exact) mass is 524 g/mol. The summed E-state index contributed by atoms with van der Waals surface area (Å²) in [6.07, 6.45) is 0. The molecular weight excluding hydrogens is 504 g/mol. The van der Waals surface area contributed by atoms with Crippen LogP contribution in [0.15, 0.2) is 70.2 Å². The summed E-state index contributed by atoms with van der Waals surface area (Å²) >= 11 is 1.89. The van der Waals surface area contributed by atoms with E-state index in [1.165, 1.54) is 11.8 Å². The summed E-state index contributed by atoms with van der Waals surface area (Å²) in [6, 6.07) is 17.7. The molecule has 36 heavy (non-hydrogen) atoms. The van der Waals surface area contributed by atoms with Crippen molar-refractivity contribution < 1.29 is 33.4 Å². The van der Waals surface area contributed by atoms with Gasteiger partial charge < -0.3 is 25.0 Å². The number of esters is 1. The minimum absolute atomic E-state index is 0.0907. The summed E-state index contributed by atoms with van der Waals surface area (Å²) in [5.74, 6) is -2.46. The van der Waals surface area contributed by atoms with Crippen LogP contribution in [-0.2, 0) is 9.53 Å². The molecule has 0 radical (unpaired) electrons. The van der Waals surface area contributed by atoms with Crippen molar-refractivity contribution in [1.82, 2.24) is 5.27 Å². The number of methoxy groups -OCH3 is 1. The van der Waals surface area contributed by atoms with Crippen LogP contribution in [-0.4, -0.2) is 35.9 Å². The Kier molecular flexibility index (Phi) is 7.66. The van der Waals surface area contributed by atoms with E-state index in [1.54, 1.807) is 55.5 Å². The number of ether oxygens (including phenoxy) is 1. The zero-order chi connectivity index (χ0) is 25.7. The first kappa shape index (κ1) is 24.9. The van der Waals surface area contributed by atoms with Crippen LogP contribution in [0, 0.1) is 6.92 Å². The number of thioether (sulfide) groups is 1. The molecule has 0 aliphatic rings. The molecule has 2 N–H and O–H groups in total. The van der Waals surface area contributed by atoms with Gasteiger partial charge in [-0.05, 0) is 41.1 Å². The zero-order valence-corrected chi connectivity index (χ0v) is 20.8. The lowest BCUT2D eigenvalue weighted by Gasteiger charge is -2.05. The third-order valence-electron chi connectivity index (χ3n) is 4.94. The summed E-state index contributed by atoms with van der Waals surface area (Å²) < 4.78 is 10.9. The molecule has 0 saturated heterocycles. The number of nitrogens with zero attached hydrogens (tertiary/aromatic N) is 2. The first-order valence-corrected chi connectivity index (χ1v) is 12.3. The number of thiophene rings is 1. The Balaban J connectivity index is 1.52. The predicted molar refractivity (Wildman–Crippen MR) is 132 cm³/mol. The predicted octanol–water partition coefficient (Wildman–Crippen LogP) is 3.16. The molecular formula is C24H20N4O6S2. The number of benzene rings is 2. The third-order valence-corrected chi connectivity index (χ3v) is 7.17. The van der Waals surface area contributed by atoms with Gasteiger partial charge in [0, 0.05) is 17.8 Å². The van der Waals surface area contributed by atoms with Crippen molar-refractivity contribution in [2.45, 2.75) is 11.9 Å². The Morgan fingerprint density at radius 2 is 1.75 bits per heavy atom. The van der Waals surface area contributed by atoms with Crippen LogP contribution in [0.25, 0.3) is 5.69 Å². The molecule has 2 amide bonds. The third kappa shape index (κ3) is 5.39. The largest absolute Gasteiger partial charge is 0.538 e. The van der Waals surface area contributed by atoms with Crippen molar-refractivity contribution in [2.24, 2.45) is 0 Å². The topological polar surface area (TPSA) is 137 Å². The smallest absolute Gasteiger partial charge is 0.341 e. The van der Waals surface area contributed by atoms with Gasteiger partial charge in [0.2, 0.25) is 11.6 Å². The van der Waals surface area contributed by atoms with Crippen LogP contribution in [0.1, 0.15) is 25.6 Å². The number of carbonyl (C=O) groups excluding carboxylic acids is 3. The molecule has 184 valence electrons. The summed E-state index contributed by atoms with van der Waals surface area (Å²) in [5, 5.41) is 21.6. The Hall–Kier alpha value is -4.16. The fourth-order valence-corrected chi connectivity index (χ4v) is 5.13. The normalized spacial score (nSPS) is 10.6. The number of para-hydroxylation sites is 2. The second-order valence-corrected chi connectivity index (χ2v) is 9.31. The average molecular weight is 525 g/mol. The molecule has 2 aromatic carbocycles. The number of nitrogens with one attached hydrogen (secondary N) is 2. The van der Waals surface area contributed by atoms with Gasteiger partial charge in [-0.2, -0.15) is 0 Å². The summed E-state index contributed by atoms with van der Waals surface area (Å²) in [7, 11) is 1.22. The molecule has 0 spiro atoms. The second kappa shape index (κ2) is 11.1. The van der Waals surface area contributed by atoms with E-state index >= 15 is 0 Å². The van der Waals surface area contributed by atoms with Crippen LogP contribution in [0.4, 0.5) is 10.7 Å². The van der Waals surface area contributed by atoms with E-state index in [-0.39, 0.29) is 26.2 Å². The molecule has 12 heteroatoms. The Morgan fingerprint density at radius 1 is 1.08 bits per heavy atom. The van der Waals surface area contributed by atoms with E-state index in [0.717, 1.165) is 23.1 Å². The van der Waals surface area contributed by atoms with Crippen molar-refractivity contribution in [1.29, 1.82) is 0 Å². The molecule has 0 unspecified atom stereocenters. The van der Waals surface area contributed by atoms with Gasteiger partial charge in [-0.1, -0.05) is 36.4 Å². The lowest BCUT2D eigenvalue weighted by Crippen LogP contribution is -2.35. The Labute approximate surface area is 213 Å². The first-order chi connectivity index (χ1) is 17.4. The molecule has 4 rings (SSSR count). The molecule has 2 aromatic heterocycles. The molecule has 0 aliphatic carbocycles. The summed E-state index contributed by atoms with van der Waals surface area (Å²) in [4.78, 5) is 38.3.